The van der Waals surface area contributed by atoms with Gasteiger partial charge in [-0.15, -0.1) is 0 Å². The first kappa shape index (κ1) is 9.65. The Morgan fingerprint density at radius 1 is 1.27 bits per heavy atom. The molecule has 0 bridgehead atoms. The van der Waals surface area contributed by atoms with E-state index in [1.165, 1.54) is 0 Å². The van der Waals surface area contributed by atoms with E-state index in [1.807, 2.05) is 0 Å². The van der Waals surface area contributed by atoms with Crippen molar-refractivity contribution < 1.29 is 36.6 Å². The van der Waals surface area contributed by atoms with Gasteiger partial charge in [-0.2, -0.15) is 8.42 Å². The molecule has 11 heavy (non-hydrogen) atoms. The number of hydrogen-bond acceptors (Lipinski definition) is 6. The molecule has 0 amide bonds. The Morgan fingerprint density at radius 2 is 1.73 bits per heavy atom. The molecule has 0 aromatic rings. The number of ether oxygens (including phenoxy) is 1. The molecule has 0 aromatic carbocycles. The number of rotatable bonds is 1. The van der Waals surface area contributed by atoms with Crippen LogP contribution in [0.5, 0.6) is 0 Å². The highest BCUT2D eigenvalue weighted by molar-refractivity contribution is 7.81. The second-order valence-electron chi connectivity index (χ2n) is 1.13. The summed E-state index contributed by atoms with van der Waals surface area (Å²) in [6, 6.07) is 0. The van der Waals surface area contributed by atoms with Gasteiger partial charge in [0.2, 0.25) is 0 Å². The highest BCUT2D eigenvalue weighted by atomic mass is 32.3. The first-order chi connectivity index (χ1) is 4.81. The van der Waals surface area contributed by atoms with Gasteiger partial charge in [0.15, 0.2) is 0 Å². The Morgan fingerprint density at radius 3 is 2.00 bits per heavy atom. The predicted octanol–water partition coefficient (Wildman–Crippen LogP) is -0.380. The van der Waals surface area contributed by atoms with Crippen LogP contribution < -0.4 is 0 Å². The lowest BCUT2D eigenvalue weighted by Gasteiger charge is -1.95. The third-order valence-electron chi connectivity index (χ3n) is 0.344. The number of carbonyl (C=O) groups excluding carboxylic acids is 1. The molecule has 2 N–H and O–H groups in total. The molecule has 0 aromatic heterocycles. The van der Waals surface area contributed by atoms with Crippen LogP contribution >= 0.6 is 0 Å². The molecule has 0 aliphatic heterocycles. The summed E-state index contributed by atoms with van der Waals surface area (Å²) in [6.07, 6.45) is -4.08. The van der Waals surface area contributed by atoms with Crippen molar-refractivity contribution in [1.29, 1.82) is 0 Å². The maximum absolute atomic E-state index is 9.90. The third-order valence-corrected chi connectivity index (χ3v) is 0.691. The van der Waals surface area contributed by atoms with Crippen LogP contribution in [0.2, 0.25) is 0 Å². The molecule has 0 radical (unpaired) electrons. The zero-order chi connectivity index (χ0) is 9.07. The van der Waals surface area contributed by atoms with Gasteiger partial charge < -0.3 is 9.84 Å². The smallest absolute Gasteiger partial charge is 0.449 e. The average Bonchev–Trinajstić information content (AvgIpc) is 1.53. The zero-order valence-electron chi connectivity index (χ0n) is 4.75. The standard InChI is InChI=1S/C2H2O8S/c3-1(4)9-2(5)10-11(6,7)8/h(H,3,4)(H,6,7,8). The van der Waals surface area contributed by atoms with Crippen LogP contribution in [0.15, 0.2) is 0 Å². The molecule has 8 nitrogen and oxygen atoms in total. The minimum atomic E-state index is -5.01. The van der Waals surface area contributed by atoms with Crippen molar-refractivity contribution in [3.05, 3.63) is 0 Å². The van der Waals surface area contributed by atoms with Crippen molar-refractivity contribution in [3.63, 3.8) is 0 Å². The van der Waals surface area contributed by atoms with E-state index in [0.29, 0.717) is 0 Å². The maximum Gasteiger partial charge on any atom is 0.536 e. The van der Waals surface area contributed by atoms with E-state index < -0.39 is 22.7 Å². The number of carbonyl (C=O) groups is 2. The van der Waals surface area contributed by atoms with Crippen LogP contribution in [0.3, 0.4) is 0 Å². The summed E-state index contributed by atoms with van der Waals surface area (Å²) in [5, 5.41) is 7.68. The lowest BCUT2D eigenvalue weighted by molar-refractivity contribution is 0.0839. The van der Waals surface area contributed by atoms with E-state index in [-0.39, 0.29) is 0 Å². The van der Waals surface area contributed by atoms with Crippen molar-refractivity contribution in [2.45, 2.75) is 0 Å². The molecule has 0 aliphatic carbocycles. The van der Waals surface area contributed by atoms with Crippen LogP contribution in [0.25, 0.3) is 0 Å². The van der Waals surface area contributed by atoms with E-state index in [1.54, 1.807) is 0 Å². The monoisotopic (exact) mass is 186 g/mol. The van der Waals surface area contributed by atoms with Crippen LogP contribution in [0, 0.1) is 0 Å². The summed E-state index contributed by atoms with van der Waals surface area (Å²) in [5.41, 5.74) is 0. The molecule has 0 fully saturated rings. The molecular formula is C2H2O8S. The normalized spacial score (nSPS) is 10.3. The van der Waals surface area contributed by atoms with Crippen molar-refractivity contribution in [2.75, 3.05) is 0 Å². The first-order valence-electron chi connectivity index (χ1n) is 1.93. The van der Waals surface area contributed by atoms with Gasteiger partial charge in [0.1, 0.15) is 0 Å². The van der Waals surface area contributed by atoms with Gasteiger partial charge >= 0.3 is 22.7 Å². The van der Waals surface area contributed by atoms with Crippen molar-refractivity contribution in [1.82, 2.24) is 0 Å². The molecule has 0 aliphatic rings. The quantitative estimate of drug-likeness (QED) is 0.322. The molecular weight excluding hydrogens is 184 g/mol. The van der Waals surface area contributed by atoms with Crippen LogP contribution in [0.1, 0.15) is 0 Å². The molecule has 9 heteroatoms. The molecule has 0 atom stereocenters. The molecule has 64 valence electrons. The Balaban J connectivity index is 4.01. The van der Waals surface area contributed by atoms with Gasteiger partial charge in [0.25, 0.3) is 0 Å². The topological polar surface area (TPSA) is 127 Å². The van der Waals surface area contributed by atoms with Crippen molar-refractivity contribution in [3.8, 4) is 0 Å². The van der Waals surface area contributed by atoms with Gasteiger partial charge in [0.05, 0.1) is 0 Å². The lowest BCUT2D eigenvalue weighted by atomic mass is 11.3. The Kier molecular flexibility index (Phi) is 2.78. The second kappa shape index (κ2) is 3.16. The molecule has 0 heterocycles. The molecule has 0 saturated carbocycles. The molecule has 0 spiro atoms. The van der Waals surface area contributed by atoms with E-state index in [0.717, 1.165) is 0 Å². The summed E-state index contributed by atoms with van der Waals surface area (Å²) in [6.45, 7) is 0. The minimum Gasteiger partial charge on any atom is -0.449 e. The highest BCUT2D eigenvalue weighted by Crippen LogP contribution is 1.91. The van der Waals surface area contributed by atoms with Crippen LogP contribution in [-0.4, -0.2) is 30.4 Å². The summed E-state index contributed by atoms with van der Waals surface area (Å²) in [5.74, 6) is 0. The fraction of sp³-hybridized carbons (Fsp3) is 0. The predicted molar refractivity (Wildman–Crippen MR) is 27.1 cm³/mol. The lowest BCUT2D eigenvalue weighted by Crippen LogP contribution is -2.15. The Bertz CT molecular complexity index is 260. The fourth-order valence-corrected chi connectivity index (χ4v) is 0.380. The Labute approximate surface area is 60.3 Å². The van der Waals surface area contributed by atoms with E-state index in [9.17, 15) is 18.0 Å². The Hall–Kier alpha value is -1.35. The molecule has 0 unspecified atom stereocenters. The fourth-order valence-electron chi connectivity index (χ4n) is 0.174. The van der Waals surface area contributed by atoms with Gasteiger partial charge in [-0.3, -0.25) is 8.74 Å². The van der Waals surface area contributed by atoms with E-state index in [4.69, 9.17) is 9.66 Å². The summed E-state index contributed by atoms with van der Waals surface area (Å²) >= 11 is 0. The first-order valence-corrected chi connectivity index (χ1v) is 3.29. The summed E-state index contributed by atoms with van der Waals surface area (Å²) in [4.78, 5) is 19.4. The summed E-state index contributed by atoms with van der Waals surface area (Å²) in [7, 11) is -5.01. The van der Waals surface area contributed by atoms with E-state index >= 15 is 0 Å². The summed E-state index contributed by atoms with van der Waals surface area (Å²) < 4.78 is 33.3. The number of hydrogen-bond donors (Lipinski definition) is 2. The van der Waals surface area contributed by atoms with Gasteiger partial charge in [-0.05, 0) is 0 Å². The van der Waals surface area contributed by atoms with Crippen molar-refractivity contribution in [2.24, 2.45) is 0 Å². The van der Waals surface area contributed by atoms with E-state index in [2.05, 4.69) is 8.92 Å². The SMILES string of the molecule is O=C(O)OC(=O)OS(=O)(=O)O. The third kappa shape index (κ3) is 6.54. The van der Waals surface area contributed by atoms with Crippen LogP contribution in [-0.2, 0) is 19.3 Å². The van der Waals surface area contributed by atoms with Gasteiger partial charge in [-0.25, -0.2) is 9.59 Å². The zero-order valence-corrected chi connectivity index (χ0v) is 5.57. The minimum absolute atomic E-state index is 2.04. The van der Waals surface area contributed by atoms with Gasteiger partial charge in [-0.1, -0.05) is 0 Å². The van der Waals surface area contributed by atoms with Gasteiger partial charge in [0, 0.05) is 0 Å². The molecule has 0 rings (SSSR count). The highest BCUT2D eigenvalue weighted by Gasteiger charge is 2.17. The second-order valence-corrected chi connectivity index (χ2v) is 2.15. The number of carboxylic acid groups (broad SMARTS) is 1. The molecule has 0 saturated heterocycles. The average molecular weight is 186 g/mol. The largest absolute Gasteiger partial charge is 0.536 e. The van der Waals surface area contributed by atoms with Crippen LogP contribution in [0.4, 0.5) is 9.59 Å². The van der Waals surface area contributed by atoms with Crippen molar-refractivity contribution >= 4 is 22.7 Å². The maximum atomic E-state index is 9.90.